The van der Waals surface area contributed by atoms with Crippen LogP contribution in [-0.4, -0.2) is 0 Å². The third-order valence-electron chi connectivity index (χ3n) is 2.31. The van der Waals surface area contributed by atoms with Crippen molar-refractivity contribution in [1.29, 1.82) is 0 Å². The minimum atomic E-state index is 1.03. The molecule has 0 aliphatic carbocycles. The van der Waals surface area contributed by atoms with Gasteiger partial charge in [-0.05, 0) is 37.5 Å². The minimum Gasteiger partial charge on any atom is -0.464 e. The zero-order valence-corrected chi connectivity index (χ0v) is 7.64. The zero-order chi connectivity index (χ0) is 8.72. The number of hydrogen-bond acceptors (Lipinski definition) is 1. The van der Waals surface area contributed by atoms with Gasteiger partial charge in [0.15, 0.2) is 0 Å². The first-order valence-corrected chi connectivity index (χ1v) is 4.14. The summed E-state index contributed by atoms with van der Waals surface area (Å²) in [5.74, 6) is 0. The molecule has 1 nitrogen and oxygen atoms in total. The van der Waals surface area contributed by atoms with Crippen molar-refractivity contribution in [3.05, 3.63) is 35.1 Å². The standard InChI is InChI=1S/C11H12O/c1-7-4-5-8(2)11-10(7)9(3)6-12-11/h4-6H,1-3H3. The third-order valence-corrected chi connectivity index (χ3v) is 2.31. The van der Waals surface area contributed by atoms with E-state index in [1.54, 1.807) is 0 Å². The van der Waals surface area contributed by atoms with E-state index >= 15 is 0 Å². The van der Waals surface area contributed by atoms with E-state index < -0.39 is 0 Å². The van der Waals surface area contributed by atoms with Crippen molar-refractivity contribution in [1.82, 2.24) is 0 Å². The Morgan fingerprint density at radius 2 is 1.58 bits per heavy atom. The van der Waals surface area contributed by atoms with Crippen LogP contribution in [0.25, 0.3) is 11.0 Å². The molecule has 0 radical (unpaired) electrons. The second-order valence-electron chi connectivity index (χ2n) is 3.32. The largest absolute Gasteiger partial charge is 0.464 e. The number of rotatable bonds is 0. The Bertz CT molecular complexity index is 424. The monoisotopic (exact) mass is 160 g/mol. The van der Waals surface area contributed by atoms with Gasteiger partial charge in [0, 0.05) is 5.39 Å². The SMILES string of the molecule is Cc1ccc(C)c2c(C)coc12. The molecule has 0 fully saturated rings. The summed E-state index contributed by atoms with van der Waals surface area (Å²) in [5, 5.41) is 1.27. The highest BCUT2D eigenvalue weighted by molar-refractivity contribution is 5.86. The van der Waals surface area contributed by atoms with E-state index in [1.165, 1.54) is 22.1 Å². The smallest absolute Gasteiger partial charge is 0.137 e. The fraction of sp³-hybridized carbons (Fsp3) is 0.273. The minimum absolute atomic E-state index is 1.03. The molecule has 0 aliphatic heterocycles. The Kier molecular flexibility index (Phi) is 1.47. The molecule has 2 aromatic rings. The van der Waals surface area contributed by atoms with Gasteiger partial charge in [0.05, 0.1) is 6.26 Å². The van der Waals surface area contributed by atoms with Crippen LogP contribution >= 0.6 is 0 Å². The van der Waals surface area contributed by atoms with E-state index in [0.29, 0.717) is 0 Å². The maximum Gasteiger partial charge on any atom is 0.137 e. The lowest BCUT2D eigenvalue weighted by Gasteiger charge is -1.98. The summed E-state index contributed by atoms with van der Waals surface area (Å²) in [4.78, 5) is 0. The topological polar surface area (TPSA) is 13.1 Å². The molecule has 0 amide bonds. The number of fused-ring (bicyclic) bond motifs is 1. The van der Waals surface area contributed by atoms with Gasteiger partial charge in [0.2, 0.25) is 0 Å². The number of furan rings is 1. The van der Waals surface area contributed by atoms with Crippen molar-refractivity contribution in [2.75, 3.05) is 0 Å². The van der Waals surface area contributed by atoms with Gasteiger partial charge in [0.1, 0.15) is 5.58 Å². The fourth-order valence-electron chi connectivity index (χ4n) is 1.63. The molecule has 2 rings (SSSR count). The second kappa shape index (κ2) is 2.37. The van der Waals surface area contributed by atoms with Crippen LogP contribution in [0.4, 0.5) is 0 Å². The highest BCUT2D eigenvalue weighted by Gasteiger charge is 2.06. The molecule has 0 bridgehead atoms. The van der Waals surface area contributed by atoms with E-state index in [0.717, 1.165) is 5.58 Å². The van der Waals surface area contributed by atoms with Gasteiger partial charge in [-0.2, -0.15) is 0 Å². The van der Waals surface area contributed by atoms with Crippen LogP contribution in [0.3, 0.4) is 0 Å². The summed E-state index contributed by atoms with van der Waals surface area (Å²) in [5.41, 5.74) is 4.77. The molecular weight excluding hydrogens is 148 g/mol. The van der Waals surface area contributed by atoms with E-state index in [9.17, 15) is 0 Å². The van der Waals surface area contributed by atoms with Crippen LogP contribution < -0.4 is 0 Å². The van der Waals surface area contributed by atoms with Crippen LogP contribution in [-0.2, 0) is 0 Å². The Labute approximate surface area is 72.0 Å². The van der Waals surface area contributed by atoms with Gasteiger partial charge in [-0.3, -0.25) is 0 Å². The van der Waals surface area contributed by atoms with Gasteiger partial charge in [-0.25, -0.2) is 0 Å². The number of aryl methyl sites for hydroxylation is 3. The van der Waals surface area contributed by atoms with Crippen LogP contribution in [0.1, 0.15) is 16.7 Å². The zero-order valence-electron chi connectivity index (χ0n) is 7.64. The Morgan fingerprint density at radius 3 is 2.25 bits per heavy atom. The van der Waals surface area contributed by atoms with Crippen LogP contribution in [0, 0.1) is 20.8 Å². The first kappa shape index (κ1) is 7.41. The lowest BCUT2D eigenvalue weighted by Crippen LogP contribution is -1.79. The van der Waals surface area contributed by atoms with E-state index in [1.807, 2.05) is 6.26 Å². The predicted octanol–water partition coefficient (Wildman–Crippen LogP) is 3.36. The quantitative estimate of drug-likeness (QED) is 0.576. The van der Waals surface area contributed by atoms with Gasteiger partial charge in [-0.1, -0.05) is 12.1 Å². The van der Waals surface area contributed by atoms with Crippen molar-refractivity contribution in [3.8, 4) is 0 Å². The summed E-state index contributed by atoms with van der Waals surface area (Å²) >= 11 is 0. The summed E-state index contributed by atoms with van der Waals surface area (Å²) in [6, 6.07) is 4.24. The lowest BCUT2D eigenvalue weighted by molar-refractivity contribution is 0.610. The fourth-order valence-corrected chi connectivity index (χ4v) is 1.63. The van der Waals surface area contributed by atoms with Gasteiger partial charge in [-0.15, -0.1) is 0 Å². The van der Waals surface area contributed by atoms with Crippen molar-refractivity contribution in [3.63, 3.8) is 0 Å². The molecule has 1 aromatic heterocycles. The third kappa shape index (κ3) is 0.860. The maximum atomic E-state index is 5.46. The molecule has 0 spiro atoms. The highest BCUT2D eigenvalue weighted by atomic mass is 16.3. The van der Waals surface area contributed by atoms with E-state index in [4.69, 9.17) is 4.42 Å². The first-order chi connectivity index (χ1) is 5.70. The van der Waals surface area contributed by atoms with Crippen molar-refractivity contribution in [2.24, 2.45) is 0 Å². The van der Waals surface area contributed by atoms with Crippen LogP contribution in [0.5, 0.6) is 0 Å². The molecular formula is C11H12O. The molecule has 12 heavy (non-hydrogen) atoms. The number of benzene rings is 1. The Hall–Kier alpha value is -1.24. The van der Waals surface area contributed by atoms with Crippen molar-refractivity contribution >= 4 is 11.0 Å². The number of hydrogen-bond donors (Lipinski definition) is 0. The summed E-state index contributed by atoms with van der Waals surface area (Å²) in [7, 11) is 0. The van der Waals surface area contributed by atoms with E-state index in [2.05, 4.69) is 32.9 Å². The molecule has 0 aliphatic rings. The Balaban J connectivity index is 2.98. The molecule has 1 aromatic carbocycles. The second-order valence-corrected chi connectivity index (χ2v) is 3.32. The molecule has 1 heteroatoms. The predicted molar refractivity (Wildman–Crippen MR) is 50.4 cm³/mol. The average Bonchev–Trinajstić information content (AvgIpc) is 2.42. The average molecular weight is 160 g/mol. The molecule has 0 N–H and O–H groups in total. The highest BCUT2D eigenvalue weighted by Crippen LogP contribution is 2.26. The molecule has 0 saturated carbocycles. The van der Waals surface area contributed by atoms with Gasteiger partial charge in [0.25, 0.3) is 0 Å². The summed E-state index contributed by atoms with van der Waals surface area (Å²) in [6.07, 6.45) is 1.82. The van der Waals surface area contributed by atoms with Crippen LogP contribution in [0.15, 0.2) is 22.8 Å². The molecule has 62 valence electrons. The van der Waals surface area contributed by atoms with Crippen LogP contribution in [0.2, 0.25) is 0 Å². The summed E-state index contributed by atoms with van der Waals surface area (Å²) in [6.45, 7) is 6.27. The molecule has 0 unspecified atom stereocenters. The van der Waals surface area contributed by atoms with Crippen molar-refractivity contribution in [2.45, 2.75) is 20.8 Å². The normalized spacial score (nSPS) is 10.9. The maximum absolute atomic E-state index is 5.46. The van der Waals surface area contributed by atoms with Gasteiger partial charge >= 0.3 is 0 Å². The lowest BCUT2D eigenvalue weighted by atomic mass is 10.1. The molecule has 1 heterocycles. The summed E-state index contributed by atoms with van der Waals surface area (Å²) < 4.78 is 5.46. The van der Waals surface area contributed by atoms with E-state index in [-0.39, 0.29) is 0 Å². The first-order valence-electron chi connectivity index (χ1n) is 4.14. The van der Waals surface area contributed by atoms with Crippen molar-refractivity contribution < 1.29 is 4.42 Å². The molecule has 0 saturated heterocycles. The van der Waals surface area contributed by atoms with Gasteiger partial charge < -0.3 is 4.42 Å². The Morgan fingerprint density at radius 1 is 0.917 bits per heavy atom. The molecule has 0 atom stereocenters.